The topological polar surface area (TPSA) is 85.8 Å². The number of nitrogens with zero attached hydrogens (tertiary/aromatic N) is 4. The van der Waals surface area contributed by atoms with Crippen molar-refractivity contribution >= 4 is 17.1 Å². The highest BCUT2D eigenvalue weighted by atomic mass is 16.5. The van der Waals surface area contributed by atoms with Gasteiger partial charge in [0.2, 0.25) is 0 Å². The Hall–Kier alpha value is -3.52. The lowest BCUT2D eigenvalue weighted by molar-refractivity contribution is 0.122. The molecule has 1 aliphatic heterocycles. The van der Waals surface area contributed by atoms with Crippen LogP contribution >= 0.6 is 0 Å². The van der Waals surface area contributed by atoms with E-state index in [9.17, 15) is 4.79 Å². The molecule has 0 unspecified atom stereocenters. The number of nitrogens with two attached hydrogens (primary N) is 1. The summed E-state index contributed by atoms with van der Waals surface area (Å²) in [6, 6.07) is 15.2. The van der Waals surface area contributed by atoms with Gasteiger partial charge in [0.25, 0.3) is 5.56 Å². The van der Waals surface area contributed by atoms with Gasteiger partial charge in [0.05, 0.1) is 37.4 Å². The van der Waals surface area contributed by atoms with Crippen LogP contribution < -0.4 is 25.8 Å². The van der Waals surface area contributed by atoms with Crippen LogP contribution in [-0.2, 0) is 4.74 Å². The Bertz CT molecular complexity index is 1150. The molecule has 2 heterocycles. The molecule has 0 radical (unpaired) electrons. The van der Waals surface area contributed by atoms with Crippen molar-refractivity contribution in [2.24, 2.45) is 0 Å². The van der Waals surface area contributed by atoms with Crippen LogP contribution in [0.4, 0.5) is 17.1 Å². The molecule has 3 aromatic rings. The number of anilines is 3. The molecule has 0 spiro atoms. The summed E-state index contributed by atoms with van der Waals surface area (Å²) >= 11 is 0. The first-order valence-corrected chi connectivity index (χ1v) is 10.7. The average molecular weight is 436 g/mol. The van der Waals surface area contributed by atoms with E-state index in [0.29, 0.717) is 42.5 Å². The second kappa shape index (κ2) is 9.32. The van der Waals surface area contributed by atoms with Crippen LogP contribution in [0.2, 0.25) is 0 Å². The maximum absolute atomic E-state index is 13.5. The van der Waals surface area contributed by atoms with Gasteiger partial charge in [0.1, 0.15) is 11.4 Å². The summed E-state index contributed by atoms with van der Waals surface area (Å²) in [5, 5.41) is 4.71. The highest BCUT2D eigenvalue weighted by Crippen LogP contribution is 2.28. The first kappa shape index (κ1) is 21.7. The van der Waals surface area contributed by atoms with Crippen molar-refractivity contribution in [3.05, 3.63) is 58.9 Å². The van der Waals surface area contributed by atoms with E-state index in [1.165, 1.54) is 4.68 Å². The van der Waals surface area contributed by atoms with Crippen LogP contribution in [-0.4, -0.2) is 56.8 Å². The fourth-order valence-corrected chi connectivity index (χ4v) is 3.75. The average Bonchev–Trinajstić information content (AvgIpc) is 2.84. The second-order valence-corrected chi connectivity index (χ2v) is 7.72. The number of morpholine rings is 1. The molecule has 0 bridgehead atoms. The molecule has 4 rings (SSSR count). The van der Waals surface area contributed by atoms with Crippen molar-refractivity contribution in [3.8, 4) is 22.7 Å². The lowest BCUT2D eigenvalue weighted by Crippen LogP contribution is -2.36. The predicted octanol–water partition coefficient (Wildman–Crippen LogP) is 2.78. The van der Waals surface area contributed by atoms with E-state index >= 15 is 0 Å². The van der Waals surface area contributed by atoms with Gasteiger partial charge in [-0.1, -0.05) is 12.1 Å². The summed E-state index contributed by atoms with van der Waals surface area (Å²) < 4.78 is 12.3. The summed E-state index contributed by atoms with van der Waals surface area (Å²) in [7, 11) is 3.52. The Morgan fingerprint density at radius 1 is 1.16 bits per heavy atom. The molecule has 2 N–H and O–H groups in total. The Kier molecular flexibility index (Phi) is 6.32. The molecule has 1 aromatic heterocycles. The molecule has 0 saturated carbocycles. The molecule has 2 aromatic carbocycles. The molecule has 1 fully saturated rings. The summed E-state index contributed by atoms with van der Waals surface area (Å²) in [4.78, 5) is 17.6. The highest BCUT2D eigenvalue weighted by molar-refractivity contribution is 5.69. The van der Waals surface area contributed by atoms with Gasteiger partial charge >= 0.3 is 0 Å². The summed E-state index contributed by atoms with van der Waals surface area (Å²) in [6.07, 6.45) is 0. The van der Waals surface area contributed by atoms with Crippen LogP contribution in [0.25, 0.3) is 16.9 Å². The summed E-state index contributed by atoms with van der Waals surface area (Å²) in [6.45, 7) is 5.62. The summed E-state index contributed by atoms with van der Waals surface area (Å²) in [5.74, 6) is 0.723. The third kappa shape index (κ3) is 4.27. The monoisotopic (exact) mass is 435 g/mol. The van der Waals surface area contributed by atoms with Gasteiger partial charge in [-0.2, -0.15) is 9.78 Å². The zero-order valence-corrected chi connectivity index (χ0v) is 18.7. The van der Waals surface area contributed by atoms with Crippen LogP contribution in [0.5, 0.6) is 5.75 Å². The van der Waals surface area contributed by atoms with Crippen LogP contribution in [0.1, 0.15) is 6.92 Å². The zero-order chi connectivity index (χ0) is 22.7. The van der Waals surface area contributed by atoms with Crippen molar-refractivity contribution in [2.45, 2.75) is 6.92 Å². The lowest BCUT2D eigenvalue weighted by atomic mass is 10.1. The number of hydrogen-bond acceptors (Lipinski definition) is 7. The number of ether oxygens (including phenoxy) is 2. The van der Waals surface area contributed by atoms with E-state index in [-0.39, 0.29) is 5.56 Å². The fraction of sp³-hybridized carbons (Fsp3) is 0.333. The molecule has 0 aliphatic carbocycles. The maximum atomic E-state index is 13.5. The smallest absolute Gasteiger partial charge is 0.295 e. The Labute approximate surface area is 187 Å². The molecule has 1 aliphatic rings. The molecule has 8 nitrogen and oxygen atoms in total. The van der Waals surface area contributed by atoms with Crippen molar-refractivity contribution in [2.75, 3.05) is 62.5 Å². The van der Waals surface area contributed by atoms with Gasteiger partial charge in [-0.15, -0.1) is 0 Å². The Morgan fingerprint density at radius 3 is 2.66 bits per heavy atom. The maximum Gasteiger partial charge on any atom is 0.295 e. The number of rotatable bonds is 6. The minimum absolute atomic E-state index is 0.216. The van der Waals surface area contributed by atoms with Crippen LogP contribution in [0.3, 0.4) is 0 Å². The molecule has 168 valence electrons. The number of methoxy groups -OCH3 is 1. The predicted molar refractivity (Wildman–Crippen MR) is 128 cm³/mol. The minimum atomic E-state index is -0.216. The molecular formula is C24H29N5O3. The van der Waals surface area contributed by atoms with E-state index in [1.807, 2.05) is 67.4 Å². The number of aromatic nitrogens is 2. The molecule has 0 atom stereocenters. The van der Waals surface area contributed by atoms with E-state index in [2.05, 4.69) is 4.90 Å². The van der Waals surface area contributed by atoms with Gasteiger partial charge in [-0.05, 0) is 43.3 Å². The molecule has 32 heavy (non-hydrogen) atoms. The van der Waals surface area contributed by atoms with Crippen LogP contribution in [0.15, 0.2) is 53.3 Å². The number of nitrogen functional groups attached to an aromatic ring is 1. The van der Waals surface area contributed by atoms with Crippen LogP contribution in [0, 0.1) is 0 Å². The fourth-order valence-electron chi connectivity index (χ4n) is 3.75. The van der Waals surface area contributed by atoms with Gasteiger partial charge in [-0.25, -0.2) is 0 Å². The number of benzene rings is 2. The minimum Gasteiger partial charge on any atom is -0.497 e. The lowest BCUT2D eigenvalue weighted by Gasteiger charge is -2.29. The molecule has 0 amide bonds. The SMILES string of the molecule is CCN(C)c1cc(-c2cccc(OC)c2)nn(-c2cc(N3CCOCC3)ccc2N)c1=O. The highest BCUT2D eigenvalue weighted by Gasteiger charge is 2.18. The largest absolute Gasteiger partial charge is 0.497 e. The quantitative estimate of drug-likeness (QED) is 0.596. The normalized spacial score (nSPS) is 13.8. The molecule has 8 heteroatoms. The zero-order valence-electron chi connectivity index (χ0n) is 18.7. The first-order chi connectivity index (χ1) is 15.5. The van der Waals surface area contributed by atoms with Crippen molar-refractivity contribution in [3.63, 3.8) is 0 Å². The Balaban J connectivity index is 1.89. The molecular weight excluding hydrogens is 406 g/mol. The van der Waals surface area contributed by atoms with Gasteiger partial charge < -0.3 is 25.0 Å². The summed E-state index contributed by atoms with van der Waals surface area (Å²) in [5.41, 5.74) is 10.2. The van der Waals surface area contributed by atoms with E-state index in [1.54, 1.807) is 7.11 Å². The standard InChI is InChI=1S/C24H29N5O3/c1-4-27(2)23-16-21(17-6-5-7-19(14-17)31-3)26-29(24(23)30)22-15-18(8-9-20(22)25)28-10-12-32-13-11-28/h5-9,14-16H,4,10-13,25H2,1-3H3. The van der Waals surface area contributed by atoms with Gasteiger partial charge in [0, 0.05) is 37.9 Å². The van der Waals surface area contributed by atoms with Crippen molar-refractivity contribution in [1.29, 1.82) is 0 Å². The van der Waals surface area contributed by atoms with E-state index < -0.39 is 0 Å². The second-order valence-electron chi connectivity index (χ2n) is 7.72. The third-order valence-electron chi connectivity index (χ3n) is 5.76. The van der Waals surface area contributed by atoms with Crippen molar-refractivity contribution in [1.82, 2.24) is 9.78 Å². The third-order valence-corrected chi connectivity index (χ3v) is 5.76. The van der Waals surface area contributed by atoms with Gasteiger partial charge in [0.15, 0.2) is 0 Å². The Morgan fingerprint density at radius 2 is 1.94 bits per heavy atom. The number of hydrogen-bond donors (Lipinski definition) is 1. The van der Waals surface area contributed by atoms with Gasteiger partial charge in [-0.3, -0.25) is 4.79 Å². The van der Waals surface area contributed by atoms with E-state index in [4.69, 9.17) is 20.3 Å². The molecule has 1 saturated heterocycles. The van der Waals surface area contributed by atoms with E-state index in [0.717, 1.165) is 30.1 Å². The van der Waals surface area contributed by atoms with Crippen molar-refractivity contribution < 1.29 is 9.47 Å². The first-order valence-electron chi connectivity index (χ1n) is 10.7.